The van der Waals surface area contributed by atoms with E-state index in [1.165, 1.54) is 0 Å². The zero-order valence-electron chi connectivity index (χ0n) is 6.50. The topological polar surface area (TPSA) is 90.2 Å². The van der Waals surface area contributed by atoms with E-state index >= 15 is 0 Å². The Kier molecular flexibility index (Phi) is 6.08. The maximum absolute atomic E-state index is 9.18. The third-order valence-corrected chi connectivity index (χ3v) is 2.24. The first-order valence-corrected chi connectivity index (χ1v) is 4.01. The molecule has 0 spiro atoms. The van der Waals surface area contributed by atoms with Crippen LogP contribution in [0.15, 0.2) is 0 Å². The molecule has 7 heteroatoms. The van der Waals surface area contributed by atoms with E-state index in [2.05, 4.69) is 12.6 Å². The van der Waals surface area contributed by atoms with Crippen molar-refractivity contribution in [2.45, 2.75) is 29.9 Å². The minimum Gasteiger partial charge on any atom is -0.759 e. The van der Waals surface area contributed by atoms with Crippen LogP contribution < -0.4 is 0 Å². The molecule has 0 amide bonds. The van der Waals surface area contributed by atoms with Gasteiger partial charge in [-0.2, -0.15) is 0 Å². The third-order valence-electron chi connectivity index (χ3n) is 1.85. The monoisotopic (exact) mass is 412 g/mol. The maximum Gasteiger partial charge on any atom is 1.00 e. The minimum atomic E-state index is -1.35. The van der Waals surface area contributed by atoms with Crippen molar-refractivity contribution in [2.24, 2.45) is 0 Å². The number of aliphatic hydroxyl groups is 4. The van der Waals surface area contributed by atoms with Gasteiger partial charge in [0.1, 0.15) is 18.3 Å². The Bertz CT molecular complexity index is 178. The van der Waals surface area contributed by atoms with E-state index in [0.717, 1.165) is 0 Å². The Labute approximate surface area is 111 Å². The Morgan fingerprint density at radius 1 is 1.15 bits per heavy atom. The van der Waals surface area contributed by atoms with Gasteiger partial charge in [0.2, 0.25) is 0 Å². The predicted octanol–water partition coefficient (Wildman–Crippen LogP) is -0.209. The number of aliphatic hydroxyl groups excluding tert-OH is 4. The summed E-state index contributed by atoms with van der Waals surface area (Å²) in [5.74, 6) is 0. The summed E-state index contributed by atoms with van der Waals surface area (Å²) in [6.45, 7) is -0.432. The Morgan fingerprint density at radius 2 is 1.69 bits per heavy atom. The van der Waals surface area contributed by atoms with E-state index in [9.17, 15) is 5.11 Å². The second kappa shape index (κ2) is 5.69. The fourth-order valence-corrected chi connectivity index (χ4v) is 1.37. The summed E-state index contributed by atoms with van der Waals surface area (Å²) in [6.07, 6.45) is -4.83. The molecule has 1 heterocycles. The number of rotatable bonds is 1. The molecule has 0 bridgehead atoms. The van der Waals surface area contributed by atoms with Gasteiger partial charge in [0, 0.05) is 14.3 Å². The van der Waals surface area contributed by atoms with Crippen molar-refractivity contribution in [1.29, 1.82) is 0 Å². The summed E-state index contributed by atoms with van der Waals surface area (Å²) >= 11 is 4.63. The molecule has 1 aliphatic rings. The molecule has 0 aromatic carbocycles. The first-order valence-electron chi connectivity index (χ1n) is 3.54. The smallest absolute Gasteiger partial charge is 0.759 e. The summed E-state index contributed by atoms with van der Waals surface area (Å²) < 4.78 is 4.84. The molecule has 0 radical (unpaired) electrons. The molecule has 1 rings (SSSR count). The molecule has 1 aliphatic heterocycles. The molecule has 13 heavy (non-hydrogen) atoms. The molecular formula is C6H31AuO5S. The average molecular weight is 412 g/mol. The molecule has 102 valence electrons. The van der Waals surface area contributed by atoms with Gasteiger partial charge in [-0.15, -0.1) is 0 Å². The van der Waals surface area contributed by atoms with Crippen LogP contribution in [-0.4, -0.2) is 56.9 Å². The molecule has 0 saturated carbocycles. The van der Waals surface area contributed by atoms with Crippen molar-refractivity contribution in [3.8, 4) is 0 Å². The Balaban J connectivity index is -0.0000000145. The Morgan fingerprint density at radius 3 is 2.15 bits per heavy atom. The predicted molar refractivity (Wildman–Crippen MR) is 62.3 cm³/mol. The molecule has 0 unspecified atom stereocenters. The van der Waals surface area contributed by atoms with Crippen molar-refractivity contribution >= 4 is 12.6 Å². The van der Waals surface area contributed by atoms with Crippen molar-refractivity contribution < 1.29 is 61.8 Å². The number of hydrogen-bond donors (Lipinski definition) is 4. The van der Waals surface area contributed by atoms with Crippen molar-refractivity contribution in [1.82, 2.24) is 0 Å². The van der Waals surface area contributed by atoms with Crippen LogP contribution in [0.3, 0.4) is 0 Å². The second-order valence-electron chi connectivity index (χ2n) is 2.70. The molecular weight excluding hydrogens is 381 g/mol. The summed E-state index contributed by atoms with van der Waals surface area (Å²) in [4.78, 5) is 0. The molecule has 5 atom stereocenters. The van der Waals surface area contributed by atoms with Crippen LogP contribution in [0.4, 0.5) is 0 Å². The fourth-order valence-electron chi connectivity index (χ4n) is 1.07. The largest absolute Gasteiger partial charge is 1.00 e. The van der Waals surface area contributed by atoms with Crippen LogP contribution in [0.25, 0.3) is 0 Å². The number of hydrogen-bond acceptors (Lipinski definition) is 6. The molecule has 0 aromatic rings. The zero-order valence-corrected chi connectivity index (χ0v) is 9.48. The molecule has 4 N–H and O–H groups in total. The van der Waals surface area contributed by atoms with E-state index in [4.69, 9.17) is 20.1 Å². The summed E-state index contributed by atoms with van der Waals surface area (Å²) in [6, 6.07) is 0. The molecule has 0 aliphatic carbocycles. The minimum absolute atomic E-state index is 0. The van der Waals surface area contributed by atoms with Crippen LogP contribution in [0.2, 0.25) is 0 Å². The summed E-state index contributed by atoms with van der Waals surface area (Å²) in [5.41, 5.74) is -0.986. The number of ether oxygens (including phenoxy) is 1. The average Bonchev–Trinajstić information content (AvgIpc) is 2.08. The Hall–Kier alpha value is 0.890. The second-order valence-corrected chi connectivity index (χ2v) is 3.16. The van der Waals surface area contributed by atoms with Crippen LogP contribution in [0.1, 0.15) is 14.3 Å². The van der Waals surface area contributed by atoms with Crippen molar-refractivity contribution in [3.05, 3.63) is 0 Å². The normalized spacial score (nSPS) is 45.5. The molecule has 5 nitrogen and oxygen atoms in total. The van der Waals surface area contributed by atoms with Crippen LogP contribution in [0.5, 0.6) is 0 Å². The van der Waals surface area contributed by atoms with Gasteiger partial charge in [-0.1, -0.05) is 0 Å². The quantitative estimate of drug-likeness (QED) is 0.352. The van der Waals surface area contributed by atoms with Gasteiger partial charge < -0.3 is 37.8 Å². The van der Waals surface area contributed by atoms with Gasteiger partial charge in [0.25, 0.3) is 0 Å². The standard InChI is InChI=1S/C6H12O5S.Au.10H2/c7-1-2-3(8)4(9)5(10)6(12)11-2;;;;;;;;;;;/h2-10,12H,1H2;;10*1H/q;+1;;;;;;;;;;/p-1/t2-,3-,4+,5-,6-;;;;;;;;;;;/m1.........../s1. The molecule has 1 fully saturated rings. The van der Waals surface area contributed by atoms with Gasteiger partial charge >= 0.3 is 22.4 Å². The summed E-state index contributed by atoms with van der Waals surface area (Å²) in [7, 11) is 0. The van der Waals surface area contributed by atoms with Gasteiger partial charge in [0.15, 0.2) is 0 Å². The maximum atomic E-state index is 9.18. The van der Waals surface area contributed by atoms with E-state index in [0.29, 0.717) is 0 Å². The first kappa shape index (κ1) is 13.9. The van der Waals surface area contributed by atoms with Gasteiger partial charge in [-0.3, -0.25) is 0 Å². The van der Waals surface area contributed by atoms with Crippen molar-refractivity contribution in [2.75, 3.05) is 6.61 Å². The van der Waals surface area contributed by atoms with E-state index < -0.39 is 36.5 Å². The molecule has 0 aromatic heterocycles. The van der Waals surface area contributed by atoms with E-state index in [1.54, 1.807) is 0 Å². The first-order chi connectivity index (χ1) is 5.57. The van der Waals surface area contributed by atoms with Crippen LogP contribution >= 0.6 is 0 Å². The van der Waals surface area contributed by atoms with Crippen LogP contribution in [0, 0.1) is 0 Å². The van der Waals surface area contributed by atoms with Gasteiger partial charge in [-0.25, -0.2) is 0 Å². The third kappa shape index (κ3) is 2.92. The van der Waals surface area contributed by atoms with E-state index in [1.807, 2.05) is 0 Å². The molecule has 1 saturated heterocycles. The van der Waals surface area contributed by atoms with Crippen molar-refractivity contribution in [3.63, 3.8) is 0 Å². The fraction of sp³-hybridized carbons (Fsp3) is 1.00. The summed E-state index contributed by atoms with van der Waals surface area (Å²) in [5, 5.41) is 36.1. The van der Waals surface area contributed by atoms with Gasteiger partial charge in [0.05, 0.1) is 12.7 Å². The SMILES string of the molecule is OC[C@H]1O[C@H]([S-])[C@H](O)[C@@H](O)[C@@H]1O.[Au+].[HH].[HH].[HH].[HH].[HH].[HH].[HH].[HH].[HH].[HH]. The van der Waals surface area contributed by atoms with Crippen LogP contribution in [-0.2, 0) is 39.7 Å². The zero-order chi connectivity index (χ0) is 9.30. The van der Waals surface area contributed by atoms with Gasteiger partial charge in [-0.05, 0) is 5.44 Å². The van der Waals surface area contributed by atoms with E-state index in [-0.39, 0.29) is 36.6 Å².